The molecule has 0 spiro atoms. The van der Waals surface area contributed by atoms with Gasteiger partial charge in [-0.3, -0.25) is 0 Å². The molecule has 1 aromatic rings. The van der Waals surface area contributed by atoms with Crippen LogP contribution < -0.4 is 15.8 Å². The molecule has 0 radical (unpaired) electrons. The number of benzene rings is 1. The van der Waals surface area contributed by atoms with Crippen molar-refractivity contribution in [1.29, 1.82) is 0 Å². The number of hydrogen-bond acceptors (Lipinski definition) is 3. The lowest BCUT2D eigenvalue weighted by molar-refractivity contribution is -0.274. The number of halogens is 4. The highest BCUT2D eigenvalue weighted by molar-refractivity contribution is 14.0. The van der Waals surface area contributed by atoms with E-state index in [4.69, 9.17) is 10.8 Å². The van der Waals surface area contributed by atoms with E-state index in [0.29, 0.717) is 30.4 Å². The van der Waals surface area contributed by atoms with Gasteiger partial charge >= 0.3 is 6.36 Å². The van der Waals surface area contributed by atoms with Crippen LogP contribution >= 0.6 is 24.0 Å². The number of ether oxygens (including phenoxy) is 1. The third-order valence-corrected chi connectivity index (χ3v) is 3.50. The third-order valence-electron chi connectivity index (χ3n) is 3.50. The van der Waals surface area contributed by atoms with Crippen molar-refractivity contribution in [3.05, 3.63) is 29.8 Å². The first kappa shape index (κ1) is 24.8. The largest absolute Gasteiger partial charge is 0.573 e. The molecule has 5 nitrogen and oxygen atoms in total. The molecule has 26 heavy (non-hydrogen) atoms. The number of hydrogen-bond donors (Lipinski definition) is 3. The maximum atomic E-state index is 12.1. The summed E-state index contributed by atoms with van der Waals surface area (Å²) in [5.74, 6) is 0.820. The fourth-order valence-electron chi connectivity index (χ4n) is 2.43. The van der Waals surface area contributed by atoms with Gasteiger partial charge in [-0.15, -0.1) is 37.1 Å². The zero-order valence-electron chi connectivity index (χ0n) is 14.9. The fourth-order valence-corrected chi connectivity index (χ4v) is 2.43. The van der Waals surface area contributed by atoms with Crippen LogP contribution in [0.4, 0.5) is 13.2 Å². The molecule has 1 rings (SSSR count). The minimum atomic E-state index is -4.70. The predicted molar refractivity (Wildman–Crippen MR) is 107 cm³/mol. The number of guanidine groups is 1. The van der Waals surface area contributed by atoms with E-state index in [1.807, 2.05) is 0 Å². The van der Waals surface area contributed by atoms with Gasteiger partial charge < -0.3 is 20.9 Å². The van der Waals surface area contributed by atoms with Crippen molar-refractivity contribution < 1.29 is 23.0 Å². The van der Waals surface area contributed by atoms with Crippen molar-refractivity contribution in [2.45, 2.75) is 39.6 Å². The number of nitrogens with two attached hydrogens (primary N) is 1. The molecule has 0 bridgehead atoms. The molecule has 0 saturated carbocycles. The van der Waals surface area contributed by atoms with Crippen molar-refractivity contribution in [3.8, 4) is 5.75 Å². The molecule has 150 valence electrons. The number of aliphatic hydroxyl groups excluding tert-OH is 1. The van der Waals surface area contributed by atoms with Gasteiger partial charge in [-0.1, -0.05) is 26.0 Å². The summed E-state index contributed by atoms with van der Waals surface area (Å²) >= 11 is 0. The summed E-state index contributed by atoms with van der Waals surface area (Å²) < 4.78 is 40.1. The summed E-state index contributed by atoms with van der Waals surface area (Å²) in [6.45, 7) is 5.23. The molecule has 0 aliphatic rings. The quantitative estimate of drug-likeness (QED) is 0.281. The maximum absolute atomic E-state index is 12.1. The highest BCUT2D eigenvalue weighted by atomic mass is 127. The lowest BCUT2D eigenvalue weighted by Crippen LogP contribution is -2.36. The van der Waals surface area contributed by atoms with Crippen LogP contribution in [0.25, 0.3) is 0 Å². The molecule has 0 amide bonds. The van der Waals surface area contributed by atoms with Gasteiger partial charge in [0, 0.05) is 13.2 Å². The van der Waals surface area contributed by atoms with E-state index in [1.165, 1.54) is 24.3 Å². The zero-order chi connectivity index (χ0) is 18.9. The van der Waals surface area contributed by atoms with E-state index in [-0.39, 0.29) is 48.8 Å². The average Bonchev–Trinajstić information content (AvgIpc) is 2.50. The minimum Gasteiger partial charge on any atom is -0.406 e. The van der Waals surface area contributed by atoms with Crippen molar-refractivity contribution in [2.24, 2.45) is 22.6 Å². The van der Waals surface area contributed by atoms with Gasteiger partial charge in [-0.2, -0.15) is 0 Å². The Morgan fingerprint density at radius 2 is 1.88 bits per heavy atom. The number of rotatable bonds is 9. The summed E-state index contributed by atoms with van der Waals surface area (Å²) in [4.78, 5) is 4.17. The molecule has 0 aromatic heterocycles. The first-order valence-electron chi connectivity index (χ1n) is 8.19. The molecule has 1 atom stereocenters. The Labute approximate surface area is 169 Å². The second kappa shape index (κ2) is 12.2. The Hall–Kier alpha value is -1.23. The summed E-state index contributed by atoms with van der Waals surface area (Å²) in [7, 11) is 0. The van der Waals surface area contributed by atoms with Crippen LogP contribution in [0, 0.1) is 11.8 Å². The van der Waals surface area contributed by atoms with Gasteiger partial charge in [0.25, 0.3) is 0 Å². The molecular weight excluding hydrogens is 462 g/mol. The Morgan fingerprint density at radius 3 is 2.38 bits per heavy atom. The normalized spacial score (nSPS) is 13.3. The smallest absolute Gasteiger partial charge is 0.406 e. The van der Waals surface area contributed by atoms with Gasteiger partial charge in [0.05, 0.1) is 6.54 Å². The van der Waals surface area contributed by atoms with E-state index in [2.05, 4.69) is 28.9 Å². The summed E-state index contributed by atoms with van der Waals surface area (Å²) in [6, 6.07) is 5.49. The van der Waals surface area contributed by atoms with Crippen LogP contribution in [0.15, 0.2) is 29.3 Å². The van der Waals surface area contributed by atoms with Crippen molar-refractivity contribution >= 4 is 29.9 Å². The third kappa shape index (κ3) is 11.4. The topological polar surface area (TPSA) is 79.9 Å². The van der Waals surface area contributed by atoms with Crippen LogP contribution in [0.3, 0.4) is 0 Å². The number of nitrogens with zero attached hydrogens (tertiary/aromatic N) is 1. The van der Waals surface area contributed by atoms with Crippen LogP contribution in [-0.4, -0.2) is 30.6 Å². The molecule has 0 aliphatic heterocycles. The second-order valence-corrected chi connectivity index (χ2v) is 6.28. The zero-order valence-corrected chi connectivity index (χ0v) is 17.3. The highest BCUT2D eigenvalue weighted by Gasteiger charge is 2.30. The molecule has 4 N–H and O–H groups in total. The van der Waals surface area contributed by atoms with Gasteiger partial charge in [-0.05, 0) is 42.4 Å². The maximum Gasteiger partial charge on any atom is 0.573 e. The molecule has 0 aliphatic carbocycles. The molecule has 0 heterocycles. The van der Waals surface area contributed by atoms with Crippen LogP contribution in [-0.2, 0) is 6.54 Å². The lowest BCUT2D eigenvalue weighted by atomic mass is 9.94. The Bertz CT molecular complexity index is 537. The molecule has 1 aromatic carbocycles. The predicted octanol–water partition coefficient (Wildman–Crippen LogP) is 3.65. The van der Waals surface area contributed by atoms with Crippen molar-refractivity contribution in [2.75, 3.05) is 13.2 Å². The standard InChI is InChI=1S/C17H26F3N3O2.HI/c1-12(2)9-14(7-8-24)11-23-16(21)22-10-13-3-5-15(6-4-13)25-17(18,19)20;/h3-6,12,14,24H,7-11H2,1-2H3,(H3,21,22,23);1H. The molecular formula is C17H27F3IN3O2. The van der Waals surface area contributed by atoms with Crippen molar-refractivity contribution in [1.82, 2.24) is 5.32 Å². The minimum absolute atomic E-state index is 0. The fraction of sp³-hybridized carbons (Fsp3) is 0.588. The lowest BCUT2D eigenvalue weighted by Gasteiger charge is -2.18. The van der Waals surface area contributed by atoms with E-state index >= 15 is 0 Å². The van der Waals surface area contributed by atoms with Crippen LogP contribution in [0.2, 0.25) is 0 Å². The van der Waals surface area contributed by atoms with E-state index in [9.17, 15) is 13.2 Å². The van der Waals surface area contributed by atoms with Gasteiger partial charge in [0.1, 0.15) is 5.75 Å². The molecule has 0 saturated heterocycles. The van der Waals surface area contributed by atoms with Gasteiger partial charge in [0.2, 0.25) is 0 Å². The summed E-state index contributed by atoms with van der Waals surface area (Å²) in [5.41, 5.74) is 6.53. The highest BCUT2D eigenvalue weighted by Crippen LogP contribution is 2.22. The molecule has 0 fully saturated rings. The number of nitrogens with one attached hydrogen (secondary N) is 1. The first-order valence-corrected chi connectivity index (χ1v) is 8.19. The Balaban J connectivity index is 0.00000625. The Kier molecular flexibility index (Phi) is 11.6. The monoisotopic (exact) mass is 489 g/mol. The number of aliphatic imine (C=N–C) groups is 1. The first-order chi connectivity index (χ1) is 11.7. The van der Waals surface area contributed by atoms with E-state index in [1.54, 1.807) is 0 Å². The van der Waals surface area contributed by atoms with Gasteiger partial charge in [0.15, 0.2) is 5.96 Å². The summed E-state index contributed by atoms with van der Waals surface area (Å²) in [6.07, 6.45) is -3.03. The average molecular weight is 489 g/mol. The van der Waals surface area contributed by atoms with E-state index < -0.39 is 6.36 Å². The second-order valence-electron chi connectivity index (χ2n) is 6.28. The number of alkyl halides is 3. The van der Waals surface area contributed by atoms with Crippen LogP contribution in [0.5, 0.6) is 5.75 Å². The van der Waals surface area contributed by atoms with Gasteiger partial charge in [-0.25, -0.2) is 4.99 Å². The van der Waals surface area contributed by atoms with Crippen molar-refractivity contribution in [3.63, 3.8) is 0 Å². The summed E-state index contributed by atoms with van der Waals surface area (Å²) in [5, 5.41) is 12.1. The SMILES string of the molecule is CC(C)CC(CCO)CNC(N)=NCc1ccc(OC(F)(F)F)cc1.I. The molecule has 9 heteroatoms. The number of aliphatic hydroxyl groups is 1. The Morgan fingerprint density at radius 1 is 1.27 bits per heavy atom. The van der Waals surface area contributed by atoms with E-state index in [0.717, 1.165) is 6.42 Å². The molecule has 1 unspecified atom stereocenters. The van der Waals surface area contributed by atoms with Crippen LogP contribution in [0.1, 0.15) is 32.3 Å².